The molecule has 0 amide bonds. The van der Waals surface area contributed by atoms with E-state index >= 15 is 0 Å². The number of imidazole rings is 1. The molecule has 1 atom stereocenters. The number of ether oxygens (including phenoxy) is 1. The van der Waals surface area contributed by atoms with E-state index in [-0.39, 0.29) is 0 Å². The van der Waals surface area contributed by atoms with Gasteiger partial charge >= 0.3 is 0 Å². The summed E-state index contributed by atoms with van der Waals surface area (Å²) in [5.41, 5.74) is 2.37. The fraction of sp³-hybridized carbons (Fsp3) is 0.375. The first-order valence-electron chi connectivity index (χ1n) is 10.7. The maximum absolute atomic E-state index is 5.24. The number of nitrogens with zero attached hydrogens (tertiary/aromatic N) is 4. The second kappa shape index (κ2) is 11.2. The minimum absolute atomic E-state index is 0.449. The Morgan fingerprint density at radius 3 is 2.55 bits per heavy atom. The molecule has 164 valence electrons. The van der Waals surface area contributed by atoms with E-state index in [1.165, 1.54) is 5.56 Å². The number of benzene rings is 1. The van der Waals surface area contributed by atoms with Gasteiger partial charge in [0, 0.05) is 31.7 Å². The minimum Gasteiger partial charge on any atom is -0.497 e. The van der Waals surface area contributed by atoms with Gasteiger partial charge in [0.15, 0.2) is 5.96 Å². The average Bonchev–Trinajstić information content (AvgIpc) is 3.23. The Kier molecular flexibility index (Phi) is 8.04. The fourth-order valence-corrected chi connectivity index (χ4v) is 3.29. The quantitative estimate of drug-likeness (QED) is 0.406. The third-order valence-electron chi connectivity index (χ3n) is 5.20. The van der Waals surface area contributed by atoms with Gasteiger partial charge < -0.3 is 15.4 Å². The lowest BCUT2D eigenvalue weighted by molar-refractivity contribution is 0.414. The lowest BCUT2D eigenvalue weighted by Crippen LogP contribution is -2.38. The average molecular weight is 421 g/mol. The SMILES string of the molecule is CCNC(=NCc1ccc(-n2ccnc2C)nc1)NCCC(C)c1ccc(OC)cc1. The van der Waals surface area contributed by atoms with Gasteiger partial charge in [-0.3, -0.25) is 4.57 Å². The van der Waals surface area contributed by atoms with Crippen LogP contribution in [0.25, 0.3) is 5.82 Å². The highest BCUT2D eigenvalue weighted by atomic mass is 16.5. The van der Waals surface area contributed by atoms with Gasteiger partial charge in [-0.15, -0.1) is 0 Å². The molecule has 0 saturated heterocycles. The van der Waals surface area contributed by atoms with Crippen LogP contribution >= 0.6 is 0 Å². The van der Waals surface area contributed by atoms with Gasteiger partial charge in [0.1, 0.15) is 17.4 Å². The molecule has 0 aliphatic carbocycles. The third kappa shape index (κ3) is 6.31. The molecule has 2 aromatic heterocycles. The molecule has 0 saturated carbocycles. The Morgan fingerprint density at radius 1 is 1.13 bits per heavy atom. The number of aryl methyl sites for hydroxylation is 1. The number of pyridine rings is 1. The van der Waals surface area contributed by atoms with Crippen LogP contribution in [0.5, 0.6) is 5.75 Å². The lowest BCUT2D eigenvalue weighted by Gasteiger charge is -2.15. The zero-order valence-corrected chi connectivity index (χ0v) is 18.8. The molecule has 7 nitrogen and oxygen atoms in total. The molecule has 7 heteroatoms. The predicted molar refractivity (Wildman–Crippen MR) is 125 cm³/mol. The topological polar surface area (TPSA) is 76.4 Å². The van der Waals surface area contributed by atoms with Crippen LogP contribution in [-0.2, 0) is 6.54 Å². The summed E-state index contributed by atoms with van der Waals surface area (Å²) >= 11 is 0. The van der Waals surface area contributed by atoms with Crippen molar-refractivity contribution in [3.63, 3.8) is 0 Å². The Hall–Kier alpha value is -3.35. The van der Waals surface area contributed by atoms with Gasteiger partial charge in [-0.25, -0.2) is 15.0 Å². The fourth-order valence-electron chi connectivity index (χ4n) is 3.29. The molecule has 2 N–H and O–H groups in total. The lowest BCUT2D eigenvalue weighted by atomic mass is 9.98. The number of aliphatic imine (C=N–C) groups is 1. The second-order valence-electron chi connectivity index (χ2n) is 7.45. The van der Waals surface area contributed by atoms with Crippen molar-refractivity contribution in [3.05, 3.63) is 71.9 Å². The van der Waals surface area contributed by atoms with E-state index in [2.05, 4.69) is 52.6 Å². The monoisotopic (exact) mass is 420 g/mol. The van der Waals surface area contributed by atoms with Crippen LogP contribution in [0.2, 0.25) is 0 Å². The van der Waals surface area contributed by atoms with E-state index in [4.69, 9.17) is 9.73 Å². The minimum atomic E-state index is 0.449. The summed E-state index contributed by atoms with van der Waals surface area (Å²) < 4.78 is 7.20. The van der Waals surface area contributed by atoms with Crippen LogP contribution in [-0.4, -0.2) is 40.7 Å². The standard InChI is InChI=1S/C24H32N6O/c1-5-25-24(27-13-12-18(2)21-7-9-22(31-4)10-8-21)29-17-20-6-11-23(28-16-20)30-15-14-26-19(30)3/h6-11,14-16,18H,5,12-13,17H2,1-4H3,(H2,25,27,29). The van der Waals surface area contributed by atoms with Gasteiger partial charge in [-0.2, -0.15) is 0 Å². The van der Waals surface area contributed by atoms with Gasteiger partial charge in [0.25, 0.3) is 0 Å². The van der Waals surface area contributed by atoms with Gasteiger partial charge in [-0.05, 0) is 55.5 Å². The molecule has 0 fully saturated rings. The molecule has 0 bridgehead atoms. The number of hydrogen-bond donors (Lipinski definition) is 2. The molecular weight excluding hydrogens is 388 g/mol. The summed E-state index contributed by atoms with van der Waals surface area (Å²) in [5.74, 6) is 3.93. The molecule has 3 aromatic rings. The Labute approximate surface area is 184 Å². The zero-order chi connectivity index (χ0) is 22.1. The van der Waals surface area contributed by atoms with E-state index in [0.717, 1.165) is 48.4 Å². The highest BCUT2D eigenvalue weighted by Gasteiger charge is 2.07. The predicted octanol–water partition coefficient (Wildman–Crippen LogP) is 3.83. The summed E-state index contributed by atoms with van der Waals surface area (Å²) in [6.45, 7) is 8.50. The second-order valence-corrected chi connectivity index (χ2v) is 7.45. The van der Waals surface area contributed by atoms with Crippen LogP contribution in [0.15, 0.2) is 60.0 Å². The summed E-state index contributed by atoms with van der Waals surface area (Å²) in [6, 6.07) is 12.3. The van der Waals surface area contributed by atoms with Gasteiger partial charge in [-0.1, -0.05) is 25.1 Å². The first kappa shape index (κ1) is 22.3. The summed E-state index contributed by atoms with van der Waals surface area (Å²) in [7, 11) is 1.69. The largest absolute Gasteiger partial charge is 0.497 e. The third-order valence-corrected chi connectivity index (χ3v) is 5.20. The van der Waals surface area contributed by atoms with Crippen molar-refractivity contribution in [2.75, 3.05) is 20.2 Å². The summed E-state index contributed by atoms with van der Waals surface area (Å²) in [4.78, 5) is 13.5. The molecule has 3 rings (SSSR count). The first-order chi connectivity index (χ1) is 15.1. The van der Waals surface area contributed by atoms with E-state index < -0.39 is 0 Å². The highest BCUT2D eigenvalue weighted by Crippen LogP contribution is 2.21. The van der Waals surface area contributed by atoms with E-state index in [0.29, 0.717) is 12.5 Å². The van der Waals surface area contributed by atoms with Gasteiger partial charge in [0.2, 0.25) is 0 Å². The number of nitrogens with one attached hydrogen (secondary N) is 2. The van der Waals surface area contributed by atoms with Crippen LogP contribution in [0.1, 0.15) is 43.1 Å². The van der Waals surface area contributed by atoms with Crippen LogP contribution in [0.3, 0.4) is 0 Å². The van der Waals surface area contributed by atoms with Crippen molar-refractivity contribution in [2.24, 2.45) is 4.99 Å². The number of hydrogen-bond acceptors (Lipinski definition) is 4. The van der Waals surface area contributed by atoms with Crippen molar-refractivity contribution in [1.82, 2.24) is 25.2 Å². The van der Waals surface area contributed by atoms with Gasteiger partial charge in [0.05, 0.1) is 13.7 Å². The first-order valence-corrected chi connectivity index (χ1v) is 10.7. The maximum Gasteiger partial charge on any atom is 0.191 e. The van der Waals surface area contributed by atoms with Crippen molar-refractivity contribution >= 4 is 5.96 Å². The normalized spacial score (nSPS) is 12.5. The van der Waals surface area contributed by atoms with Crippen LogP contribution in [0.4, 0.5) is 0 Å². The highest BCUT2D eigenvalue weighted by molar-refractivity contribution is 5.79. The number of guanidine groups is 1. The van der Waals surface area contributed by atoms with Crippen molar-refractivity contribution in [2.45, 2.75) is 39.7 Å². The van der Waals surface area contributed by atoms with E-state index in [1.54, 1.807) is 13.3 Å². The molecule has 1 aromatic carbocycles. The maximum atomic E-state index is 5.24. The van der Waals surface area contributed by atoms with Crippen LogP contribution < -0.4 is 15.4 Å². The molecule has 1 unspecified atom stereocenters. The van der Waals surface area contributed by atoms with Crippen molar-refractivity contribution < 1.29 is 4.74 Å². The number of methoxy groups -OCH3 is 1. The molecule has 2 heterocycles. The smallest absolute Gasteiger partial charge is 0.191 e. The van der Waals surface area contributed by atoms with Crippen molar-refractivity contribution in [1.29, 1.82) is 0 Å². The summed E-state index contributed by atoms with van der Waals surface area (Å²) in [6.07, 6.45) is 6.57. The molecular formula is C24H32N6O. The molecule has 0 spiro atoms. The molecule has 0 aliphatic heterocycles. The Balaban J connectivity index is 1.53. The molecule has 0 aliphatic rings. The van der Waals surface area contributed by atoms with Crippen molar-refractivity contribution in [3.8, 4) is 11.6 Å². The Bertz CT molecular complexity index is 962. The van der Waals surface area contributed by atoms with Crippen LogP contribution in [0, 0.1) is 6.92 Å². The van der Waals surface area contributed by atoms with E-state index in [9.17, 15) is 0 Å². The number of rotatable bonds is 9. The zero-order valence-electron chi connectivity index (χ0n) is 18.8. The number of aromatic nitrogens is 3. The summed E-state index contributed by atoms with van der Waals surface area (Å²) in [5, 5.41) is 6.75. The molecule has 0 radical (unpaired) electrons. The Morgan fingerprint density at radius 2 is 1.94 bits per heavy atom. The van der Waals surface area contributed by atoms with E-state index in [1.807, 2.05) is 42.1 Å². The molecule has 31 heavy (non-hydrogen) atoms.